The average Bonchev–Trinajstić information content (AvgIpc) is 2.47. The summed E-state index contributed by atoms with van der Waals surface area (Å²) in [7, 11) is -2.04. The van der Waals surface area contributed by atoms with E-state index in [1.54, 1.807) is 22.8 Å². The van der Waals surface area contributed by atoms with Crippen LogP contribution >= 0.6 is 0 Å². The lowest BCUT2D eigenvalue weighted by Gasteiger charge is -2.34. The van der Waals surface area contributed by atoms with E-state index in [4.69, 9.17) is 0 Å². The summed E-state index contributed by atoms with van der Waals surface area (Å²) >= 11 is 0. The van der Waals surface area contributed by atoms with Crippen LogP contribution in [0.2, 0.25) is 19.6 Å². The first-order chi connectivity index (χ1) is 10.3. The Morgan fingerprint density at radius 2 is 1.36 bits per heavy atom. The van der Waals surface area contributed by atoms with Gasteiger partial charge < -0.3 is 9.67 Å². The number of carboxylic acid groups (broad SMARTS) is 1. The van der Waals surface area contributed by atoms with E-state index < -0.39 is 14.2 Å². The summed E-state index contributed by atoms with van der Waals surface area (Å²) in [5, 5.41) is 9.31. The second-order valence-electron chi connectivity index (χ2n) is 6.00. The molecule has 5 heteroatoms. The van der Waals surface area contributed by atoms with E-state index in [1.807, 2.05) is 30.3 Å². The van der Waals surface area contributed by atoms with Crippen molar-refractivity contribution < 1.29 is 14.7 Å². The monoisotopic (exact) mass is 313 g/mol. The van der Waals surface area contributed by atoms with Gasteiger partial charge in [-0.3, -0.25) is 4.79 Å². The number of rotatable bonds is 4. The van der Waals surface area contributed by atoms with Crippen molar-refractivity contribution in [3.63, 3.8) is 0 Å². The molecule has 0 unspecified atom stereocenters. The van der Waals surface area contributed by atoms with Crippen molar-refractivity contribution in [3.05, 3.63) is 65.7 Å². The Kier molecular flexibility index (Phi) is 4.47. The smallest absolute Gasteiger partial charge is 0.336 e. The molecule has 2 aromatic carbocycles. The largest absolute Gasteiger partial charge is 0.478 e. The Morgan fingerprint density at radius 1 is 0.864 bits per heavy atom. The second-order valence-corrected chi connectivity index (χ2v) is 10.8. The number of hydrogen-bond donors (Lipinski definition) is 1. The highest BCUT2D eigenvalue weighted by atomic mass is 28.3. The highest BCUT2D eigenvalue weighted by Gasteiger charge is 2.32. The van der Waals surface area contributed by atoms with Gasteiger partial charge >= 0.3 is 5.97 Å². The van der Waals surface area contributed by atoms with E-state index in [2.05, 4.69) is 19.6 Å². The van der Waals surface area contributed by atoms with Gasteiger partial charge in [-0.25, -0.2) is 4.79 Å². The van der Waals surface area contributed by atoms with Crippen LogP contribution in [0.25, 0.3) is 0 Å². The van der Waals surface area contributed by atoms with Crippen LogP contribution in [0.15, 0.2) is 54.6 Å². The Bertz CT molecular complexity index is 693. The molecule has 0 atom stereocenters. The minimum atomic E-state index is -2.04. The van der Waals surface area contributed by atoms with Crippen LogP contribution in [0.5, 0.6) is 0 Å². The predicted octanol–water partition coefficient (Wildman–Crippen LogP) is 3.87. The molecule has 114 valence electrons. The molecule has 0 saturated carbocycles. The lowest BCUT2D eigenvalue weighted by atomic mass is 10.1. The molecule has 0 radical (unpaired) electrons. The highest BCUT2D eigenvalue weighted by molar-refractivity contribution is 6.83. The van der Waals surface area contributed by atoms with Gasteiger partial charge in [0.2, 0.25) is 0 Å². The van der Waals surface area contributed by atoms with Gasteiger partial charge in [-0.05, 0) is 24.3 Å². The Morgan fingerprint density at radius 3 is 1.86 bits per heavy atom. The summed E-state index contributed by atoms with van der Waals surface area (Å²) in [4.78, 5) is 24.4. The van der Waals surface area contributed by atoms with Crippen molar-refractivity contribution in [2.24, 2.45) is 0 Å². The molecule has 4 nitrogen and oxygen atoms in total. The summed E-state index contributed by atoms with van der Waals surface area (Å²) < 4.78 is 1.76. The Labute approximate surface area is 131 Å². The van der Waals surface area contributed by atoms with E-state index in [1.165, 1.54) is 6.07 Å². The Balaban J connectivity index is 2.55. The molecule has 2 rings (SSSR count). The predicted molar refractivity (Wildman–Crippen MR) is 90.0 cm³/mol. The minimum Gasteiger partial charge on any atom is -0.478 e. The number of carbonyl (C=O) groups is 2. The maximum atomic E-state index is 13.0. The summed E-state index contributed by atoms with van der Waals surface area (Å²) in [6.45, 7) is 6.17. The number of carboxylic acids is 1. The fourth-order valence-electron chi connectivity index (χ4n) is 2.36. The number of anilines is 1. The van der Waals surface area contributed by atoms with Gasteiger partial charge in [0.1, 0.15) is 0 Å². The summed E-state index contributed by atoms with van der Waals surface area (Å²) in [5.74, 6) is -1.35. The quantitative estimate of drug-likeness (QED) is 0.872. The van der Waals surface area contributed by atoms with Gasteiger partial charge in [-0.2, -0.15) is 0 Å². The van der Waals surface area contributed by atoms with Gasteiger partial charge in [-0.1, -0.05) is 50.0 Å². The molecule has 22 heavy (non-hydrogen) atoms. The molecule has 0 fully saturated rings. The van der Waals surface area contributed by atoms with Crippen molar-refractivity contribution in [2.75, 3.05) is 4.57 Å². The zero-order valence-corrected chi connectivity index (χ0v) is 13.9. The molecule has 0 aliphatic rings. The van der Waals surface area contributed by atoms with Crippen molar-refractivity contribution >= 4 is 25.8 Å². The molecule has 2 aromatic rings. The molecule has 1 N–H and O–H groups in total. The maximum Gasteiger partial charge on any atom is 0.336 e. The van der Waals surface area contributed by atoms with Crippen LogP contribution in [-0.2, 0) is 0 Å². The average molecular weight is 313 g/mol. The molecule has 1 amide bonds. The van der Waals surface area contributed by atoms with E-state index in [0.29, 0.717) is 0 Å². The van der Waals surface area contributed by atoms with Crippen LogP contribution in [-0.4, -0.2) is 25.2 Å². The first-order valence-corrected chi connectivity index (χ1v) is 10.5. The summed E-state index contributed by atoms with van der Waals surface area (Å²) in [6, 6.07) is 15.7. The molecule has 0 heterocycles. The normalized spacial score (nSPS) is 11.0. The van der Waals surface area contributed by atoms with Gasteiger partial charge in [0.05, 0.1) is 11.1 Å². The highest BCUT2D eigenvalue weighted by Crippen LogP contribution is 2.25. The van der Waals surface area contributed by atoms with E-state index >= 15 is 0 Å². The number of benzene rings is 2. The molecule has 0 aliphatic carbocycles. The van der Waals surface area contributed by atoms with Crippen molar-refractivity contribution in [3.8, 4) is 0 Å². The lowest BCUT2D eigenvalue weighted by Crippen LogP contribution is -2.50. The number of nitrogens with zero attached hydrogens (tertiary/aromatic N) is 1. The molecule has 0 aromatic heterocycles. The topological polar surface area (TPSA) is 57.6 Å². The standard InChI is InChI=1S/C17H19NO3Si/c1-22(2,3)18(13-9-5-4-6-10-13)16(19)14-11-7-8-12-15(14)17(20)21/h4-12H,1-3H3,(H,20,21). The summed E-state index contributed by atoms with van der Waals surface area (Å²) in [6.07, 6.45) is 0. The molecule has 0 aliphatic heterocycles. The maximum absolute atomic E-state index is 13.0. The van der Waals surface area contributed by atoms with E-state index in [9.17, 15) is 14.7 Å². The number of carbonyl (C=O) groups excluding carboxylic acids is 1. The van der Waals surface area contributed by atoms with Crippen LogP contribution in [0.3, 0.4) is 0 Å². The van der Waals surface area contributed by atoms with Crippen LogP contribution in [0.4, 0.5) is 5.69 Å². The zero-order chi connectivity index (χ0) is 16.3. The van der Waals surface area contributed by atoms with Gasteiger partial charge in [-0.15, -0.1) is 0 Å². The third kappa shape index (κ3) is 3.25. The third-order valence-corrected chi connectivity index (χ3v) is 5.08. The first-order valence-electron chi connectivity index (χ1n) is 7.04. The lowest BCUT2D eigenvalue weighted by molar-refractivity contribution is 0.0692. The fraction of sp³-hybridized carbons (Fsp3) is 0.176. The van der Waals surface area contributed by atoms with Crippen molar-refractivity contribution in [1.29, 1.82) is 0 Å². The van der Waals surface area contributed by atoms with E-state index in [-0.39, 0.29) is 17.0 Å². The van der Waals surface area contributed by atoms with Gasteiger partial charge in [0, 0.05) is 5.69 Å². The first kappa shape index (κ1) is 16.0. The fourth-order valence-corrected chi connectivity index (χ4v) is 4.02. The Hall–Kier alpha value is -2.40. The van der Waals surface area contributed by atoms with Gasteiger partial charge in [0.25, 0.3) is 5.91 Å². The zero-order valence-electron chi connectivity index (χ0n) is 12.9. The van der Waals surface area contributed by atoms with Crippen molar-refractivity contribution in [1.82, 2.24) is 0 Å². The number of aromatic carboxylic acids is 1. The van der Waals surface area contributed by atoms with Crippen LogP contribution in [0.1, 0.15) is 20.7 Å². The van der Waals surface area contributed by atoms with Gasteiger partial charge in [0.15, 0.2) is 8.24 Å². The number of hydrogen-bond acceptors (Lipinski definition) is 2. The van der Waals surface area contributed by atoms with E-state index in [0.717, 1.165) is 5.69 Å². The minimum absolute atomic E-state index is 0.0340. The SMILES string of the molecule is C[Si](C)(C)N(C(=O)c1ccccc1C(=O)O)c1ccccc1. The molecule has 0 bridgehead atoms. The molecular formula is C17H19NO3Si. The molecule has 0 saturated heterocycles. The number of amides is 1. The summed E-state index contributed by atoms with van der Waals surface area (Å²) in [5.41, 5.74) is 1.06. The molecule has 0 spiro atoms. The van der Waals surface area contributed by atoms with Crippen LogP contribution in [0, 0.1) is 0 Å². The van der Waals surface area contributed by atoms with Crippen LogP contribution < -0.4 is 4.57 Å². The second kappa shape index (κ2) is 6.15. The third-order valence-electron chi connectivity index (χ3n) is 3.28. The van der Waals surface area contributed by atoms with Crippen molar-refractivity contribution in [2.45, 2.75) is 19.6 Å². The number of para-hydroxylation sites is 1. The molecular weight excluding hydrogens is 294 g/mol.